The minimum atomic E-state index is -0.472. The lowest BCUT2D eigenvalue weighted by Crippen LogP contribution is -2.17. The molecule has 3 rings (SSSR count). The molecule has 1 N–H and O–H groups in total. The van der Waals surface area contributed by atoms with Gasteiger partial charge < -0.3 is 14.5 Å². The molecule has 0 unspecified atom stereocenters. The summed E-state index contributed by atoms with van der Waals surface area (Å²) in [5, 5.41) is 4.30. The number of para-hydroxylation sites is 1. The van der Waals surface area contributed by atoms with Crippen molar-refractivity contribution in [3.05, 3.63) is 63.9 Å². The second kappa shape index (κ2) is 7.84. The standard InChI is InChI=1S/C21H20ClNO4/c1-4-26-21(25)15-7-5-6-8-16(15)23-18(24)10-14-11-27-17-9-12(2)20(22)13(3)19(14)17/h5-9,11H,4,10H2,1-3H3,(H,23,24). The van der Waals surface area contributed by atoms with E-state index in [9.17, 15) is 9.59 Å². The normalized spacial score (nSPS) is 10.8. The van der Waals surface area contributed by atoms with Crippen LogP contribution in [0, 0.1) is 13.8 Å². The zero-order chi connectivity index (χ0) is 19.6. The van der Waals surface area contributed by atoms with E-state index in [2.05, 4.69) is 5.32 Å². The van der Waals surface area contributed by atoms with Gasteiger partial charge in [-0.15, -0.1) is 0 Å². The van der Waals surface area contributed by atoms with Crippen LogP contribution in [0.2, 0.25) is 5.02 Å². The fourth-order valence-corrected chi connectivity index (χ4v) is 3.23. The number of carbonyl (C=O) groups excluding carboxylic acids is 2. The lowest BCUT2D eigenvalue weighted by Gasteiger charge is -2.10. The van der Waals surface area contributed by atoms with Crippen LogP contribution in [-0.4, -0.2) is 18.5 Å². The molecule has 2 aromatic carbocycles. The van der Waals surface area contributed by atoms with E-state index >= 15 is 0 Å². The van der Waals surface area contributed by atoms with Crippen molar-refractivity contribution in [3.63, 3.8) is 0 Å². The van der Waals surface area contributed by atoms with Crippen molar-refractivity contribution in [2.75, 3.05) is 11.9 Å². The van der Waals surface area contributed by atoms with Crippen LogP contribution in [-0.2, 0) is 16.0 Å². The number of amides is 1. The van der Waals surface area contributed by atoms with Gasteiger partial charge in [0.1, 0.15) is 5.58 Å². The van der Waals surface area contributed by atoms with E-state index in [0.29, 0.717) is 21.9 Å². The van der Waals surface area contributed by atoms with Crippen molar-refractivity contribution >= 4 is 40.1 Å². The maximum absolute atomic E-state index is 12.6. The van der Waals surface area contributed by atoms with Gasteiger partial charge in [0.15, 0.2) is 0 Å². The van der Waals surface area contributed by atoms with Gasteiger partial charge in [0, 0.05) is 16.0 Å². The number of hydrogen-bond donors (Lipinski definition) is 1. The number of nitrogens with one attached hydrogen (secondary N) is 1. The van der Waals surface area contributed by atoms with Crippen LogP contribution in [0.5, 0.6) is 0 Å². The van der Waals surface area contributed by atoms with Gasteiger partial charge in [-0.25, -0.2) is 4.79 Å². The quantitative estimate of drug-likeness (QED) is 0.623. The molecule has 0 bridgehead atoms. The number of carbonyl (C=O) groups is 2. The Kier molecular flexibility index (Phi) is 5.51. The molecule has 3 aromatic rings. The van der Waals surface area contributed by atoms with Crippen molar-refractivity contribution in [1.82, 2.24) is 0 Å². The summed E-state index contributed by atoms with van der Waals surface area (Å²) in [5.41, 5.74) is 3.99. The highest BCUT2D eigenvalue weighted by molar-refractivity contribution is 6.33. The molecule has 6 heteroatoms. The monoisotopic (exact) mass is 385 g/mol. The molecule has 27 heavy (non-hydrogen) atoms. The highest BCUT2D eigenvalue weighted by Crippen LogP contribution is 2.33. The van der Waals surface area contributed by atoms with Gasteiger partial charge in [-0.1, -0.05) is 23.7 Å². The minimum absolute atomic E-state index is 0.102. The molecular weight excluding hydrogens is 366 g/mol. The molecule has 0 aliphatic rings. The number of fused-ring (bicyclic) bond motifs is 1. The summed E-state index contributed by atoms with van der Waals surface area (Å²) in [6.07, 6.45) is 1.68. The number of benzene rings is 2. The summed E-state index contributed by atoms with van der Waals surface area (Å²) in [7, 11) is 0. The maximum atomic E-state index is 12.6. The molecule has 0 aliphatic heterocycles. The highest BCUT2D eigenvalue weighted by atomic mass is 35.5. The van der Waals surface area contributed by atoms with E-state index in [4.69, 9.17) is 20.8 Å². The molecule has 0 spiro atoms. The molecule has 1 aromatic heterocycles. The Morgan fingerprint density at radius 1 is 1.22 bits per heavy atom. The number of hydrogen-bond acceptors (Lipinski definition) is 4. The number of ether oxygens (including phenoxy) is 1. The van der Waals surface area contributed by atoms with E-state index in [0.717, 1.165) is 22.1 Å². The van der Waals surface area contributed by atoms with Crippen LogP contribution in [0.25, 0.3) is 11.0 Å². The zero-order valence-electron chi connectivity index (χ0n) is 15.4. The summed E-state index contributed by atoms with van der Waals surface area (Å²) < 4.78 is 10.6. The van der Waals surface area contributed by atoms with Crippen LogP contribution < -0.4 is 5.32 Å². The first kappa shape index (κ1) is 19.0. The van der Waals surface area contributed by atoms with Crippen molar-refractivity contribution < 1.29 is 18.7 Å². The molecule has 1 amide bonds. The third kappa shape index (κ3) is 3.83. The van der Waals surface area contributed by atoms with E-state index in [1.54, 1.807) is 37.5 Å². The smallest absolute Gasteiger partial charge is 0.340 e. The molecule has 5 nitrogen and oxygen atoms in total. The number of aryl methyl sites for hydroxylation is 2. The highest BCUT2D eigenvalue weighted by Gasteiger charge is 2.18. The van der Waals surface area contributed by atoms with Crippen molar-refractivity contribution in [2.24, 2.45) is 0 Å². The van der Waals surface area contributed by atoms with E-state index < -0.39 is 5.97 Å². The van der Waals surface area contributed by atoms with Gasteiger partial charge >= 0.3 is 5.97 Å². The number of furan rings is 1. The SMILES string of the molecule is CCOC(=O)c1ccccc1NC(=O)Cc1coc2cc(C)c(Cl)c(C)c12. The van der Waals surface area contributed by atoms with Crippen LogP contribution in [0.15, 0.2) is 41.0 Å². The van der Waals surface area contributed by atoms with Gasteiger partial charge in [0.05, 0.1) is 30.5 Å². The predicted molar refractivity (Wildman–Crippen MR) is 105 cm³/mol. The van der Waals surface area contributed by atoms with Crippen LogP contribution in [0.3, 0.4) is 0 Å². The maximum Gasteiger partial charge on any atom is 0.340 e. The Morgan fingerprint density at radius 2 is 1.96 bits per heavy atom. The van der Waals surface area contributed by atoms with Gasteiger partial charge in [-0.3, -0.25) is 4.79 Å². The van der Waals surface area contributed by atoms with Crippen LogP contribution >= 0.6 is 11.6 Å². The summed E-state index contributed by atoms with van der Waals surface area (Å²) in [5.74, 6) is -0.731. The first-order valence-electron chi connectivity index (χ1n) is 8.64. The topological polar surface area (TPSA) is 68.5 Å². The van der Waals surface area contributed by atoms with Gasteiger partial charge in [-0.05, 0) is 50.1 Å². The zero-order valence-corrected chi connectivity index (χ0v) is 16.1. The molecule has 0 saturated carbocycles. The number of esters is 1. The summed E-state index contributed by atoms with van der Waals surface area (Å²) >= 11 is 6.34. The Bertz CT molecular complexity index is 1020. The number of rotatable bonds is 5. The third-order valence-corrected chi connectivity index (χ3v) is 4.92. The fourth-order valence-electron chi connectivity index (χ4n) is 3.08. The van der Waals surface area contributed by atoms with Gasteiger partial charge in [0.2, 0.25) is 5.91 Å². The van der Waals surface area contributed by atoms with Crippen LogP contribution in [0.1, 0.15) is 34.0 Å². The lowest BCUT2D eigenvalue weighted by atomic mass is 10.0. The van der Waals surface area contributed by atoms with Crippen LogP contribution in [0.4, 0.5) is 5.69 Å². The van der Waals surface area contributed by atoms with E-state index in [1.165, 1.54) is 0 Å². The molecular formula is C21H20ClNO4. The number of halogens is 1. The molecule has 0 aliphatic carbocycles. The Balaban J connectivity index is 1.85. The second-order valence-electron chi connectivity index (χ2n) is 6.26. The average Bonchev–Trinajstić information content (AvgIpc) is 3.02. The van der Waals surface area contributed by atoms with Crippen molar-refractivity contribution in [1.29, 1.82) is 0 Å². The van der Waals surface area contributed by atoms with Gasteiger partial charge in [0.25, 0.3) is 0 Å². The summed E-state index contributed by atoms with van der Waals surface area (Å²) in [6.45, 7) is 5.82. The minimum Gasteiger partial charge on any atom is -0.464 e. The third-order valence-electron chi connectivity index (χ3n) is 4.34. The Hall–Kier alpha value is -2.79. The number of anilines is 1. The molecule has 0 saturated heterocycles. The molecule has 0 atom stereocenters. The molecule has 0 fully saturated rings. The van der Waals surface area contributed by atoms with Gasteiger partial charge in [-0.2, -0.15) is 0 Å². The Labute approximate surface area is 162 Å². The van der Waals surface area contributed by atoms with E-state index in [-0.39, 0.29) is 18.9 Å². The molecule has 0 radical (unpaired) electrons. The largest absolute Gasteiger partial charge is 0.464 e. The summed E-state index contributed by atoms with van der Waals surface area (Å²) in [6, 6.07) is 8.62. The predicted octanol–water partition coefficient (Wildman–Crippen LogP) is 5.06. The average molecular weight is 386 g/mol. The molecule has 140 valence electrons. The summed E-state index contributed by atoms with van der Waals surface area (Å²) in [4.78, 5) is 24.6. The van der Waals surface area contributed by atoms with E-state index in [1.807, 2.05) is 19.9 Å². The lowest BCUT2D eigenvalue weighted by molar-refractivity contribution is -0.115. The first-order chi connectivity index (χ1) is 12.9. The van der Waals surface area contributed by atoms with Crippen molar-refractivity contribution in [3.8, 4) is 0 Å². The van der Waals surface area contributed by atoms with Crippen molar-refractivity contribution in [2.45, 2.75) is 27.2 Å². The fraction of sp³-hybridized carbons (Fsp3) is 0.238. The second-order valence-corrected chi connectivity index (χ2v) is 6.64. The molecule has 1 heterocycles. The Morgan fingerprint density at radius 3 is 2.70 bits per heavy atom. The first-order valence-corrected chi connectivity index (χ1v) is 9.02.